The standard InChI is InChI=1S/C19H20N2O/c1-3-4-5-6-7-9-16-18-10-8-13-21(18)19-14-15(22-2)11-12-17(19)20-16/h5-14H,3-4H2,1-2H3/b6-5+,9-7+. The molecule has 2 aromatic heterocycles. The molecular formula is C19H20N2O. The van der Waals surface area contributed by atoms with Crippen LogP contribution in [0.5, 0.6) is 5.75 Å². The molecular weight excluding hydrogens is 272 g/mol. The highest BCUT2D eigenvalue weighted by Gasteiger charge is 2.06. The van der Waals surface area contributed by atoms with E-state index in [1.54, 1.807) is 7.11 Å². The fraction of sp³-hybridized carbons (Fsp3) is 0.211. The van der Waals surface area contributed by atoms with Gasteiger partial charge in [-0.3, -0.25) is 0 Å². The maximum Gasteiger partial charge on any atom is 0.121 e. The first kappa shape index (κ1) is 14.4. The number of ether oxygens (including phenoxy) is 1. The molecule has 0 radical (unpaired) electrons. The molecule has 0 N–H and O–H groups in total. The summed E-state index contributed by atoms with van der Waals surface area (Å²) in [6.07, 6.45) is 12.7. The maximum absolute atomic E-state index is 5.32. The molecule has 1 aromatic carbocycles. The van der Waals surface area contributed by atoms with Crippen molar-refractivity contribution >= 4 is 22.6 Å². The second-order valence-corrected chi connectivity index (χ2v) is 5.19. The summed E-state index contributed by atoms with van der Waals surface area (Å²) in [6, 6.07) is 10.1. The van der Waals surface area contributed by atoms with Crippen molar-refractivity contribution in [1.82, 2.24) is 9.38 Å². The Morgan fingerprint density at radius 3 is 2.91 bits per heavy atom. The van der Waals surface area contributed by atoms with Crippen LogP contribution in [0.1, 0.15) is 25.5 Å². The van der Waals surface area contributed by atoms with Gasteiger partial charge in [-0.05, 0) is 36.8 Å². The third-order valence-electron chi connectivity index (χ3n) is 3.65. The molecule has 0 amide bonds. The highest BCUT2D eigenvalue weighted by atomic mass is 16.5. The zero-order valence-electron chi connectivity index (χ0n) is 13.0. The third-order valence-corrected chi connectivity index (χ3v) is 3.65. The molecule has 0 atom stereocenters. The van der Waals surface area contributed by atoms with Crippen LogP contribution < -0.4 is 4.74 Å². The van der Waals surface area contributed by atoms with Gasteiger partial charge in [0.25, 0.3) is 0 Å². The predicted molar refractivity (Wildman–Crippen MR) is 92.3 cm³/mol. The molecule has 0 bridgehead atoms. The number of aromatic nitrogens is 2. The lowest BCUT2D eigenvalue weighted by Crippen LogP contribution is -1.94. The summed E-state index contributed by atoms with van der Waals surface area (Å²) in [5.41, 5.74) is 4.09. The third kappa shape index (κ3) is 2.75. The average Bonchev–Trinajstić information content (AvgIpc) is 3.04. The Kier molecular flexibility index (Phi) is 4.24. The van der Waals surface area contributed by atoms with Gasteiger partial charge in [-0.2, -0.15) is 0 Å². The first-order valence-electron chi connectivity index (χ1n) is 7.61. The number of hydrogen-bond acceptors (Lipinski definition) is 2. The molecule has 0 saturated carbocycles. The molecule has 112 valence electrons. The van der Waals surface area contributed by atoms with Crippen LogP contribution in [-0.4, -0.2) is 16.5 Å². The maximum atomic E-state index is 5.32. The van der Waals surface area contributed by atoms with Crippen molar-refractivity contribution < 1.29 is 4.74 Å². The van der Waals surface area contributed by atoms with E-state index in [2.05, 4.69) is 47.9 Å². The number of benzene rings is 1. The molecule has 0 unspecified atom stereocenters. The van der Waals surface area contributed by atoms with E-state index in [0.29, 0.717) is 0 Å². The Labute approximate surface area is 130 Å². The zero-order valence-corrected chi connectivity index (χ0v) is 13.0. The summed E-state index contributed by atoms with van der Waals surface area (Å²) in [4.78, 5) is 4.77. The lowest BCUT2D eigenvalue weighted by molar-refractivity contribution is 0.415. The number of rotatable bonds is 5. The van der Waals surface area contributed by atoms with E-state index >= 15 is 0 Å². The Morgan fingerprint density at radius 2 is 2.09 bits per heavy atom. The molecule has 0 spiro atoms. The highest BCUT2D eigenvalue weighted by Crippen LogP contribution is 2.23. The van der Waals surface area contributed by atoms with E-state index in [-0.39, 0.29) is 0 Å². The quantitative estimate of drug-likeness (QED) is 0.627. The molecule has 3 heteroatoms. The summed E-state index contributed by atoms with van der Waals surface area (Å²) in [6.45, 7) is 2.18. The van der Waals surface area contributed by atoms with E-state index in [9.17, 15) is 0 Å². The van der Waals surface area contributed by atoms with Crippen molar-refractivity contribution in [2.75, 3.05) is 7.11 Å². The smallest absolute Gasteiger partial charge is 0.121 e. The summed E-state index contributed by atoms with van der Waals surface area (Å²) < 4.78 is 7.47. The van der Waals surface area contributed by atoms with E-state index in [4.69, 9.17) is 9.72 Å². The molecule has 3 nitrogen and oxygen atoms in total. The molecule has 0 aliphatic rings. The SMILES string of the molecule is CCC/C=C/C=C/c1nc2ccc(OC)cc2n2cccc12. The van der Waals surface area contributed by atoms with Crippen LogP contribution in [0.4, 0.5) is 0 Å². The molecule has 0 saturated heterocycles. The number of fused-ring (bicyclic) bond motifs is 3. The van der Waals surface area contributed by atoms with E-state index < -0.39 is 0 Å². The van der Waals surface area contributed by atoms with Crippen molar-refractivity contribution in [3.63, 3.8) is 0 Å². The Balaban J connectivity index is 2.08. The van der Waals surface area contributed by atoms with Gasteiger partial charge in [-0.1, -0.05) is 31.6 Å². The first-order chi connectivity index (χ1) is 10.8. The van der Waals surface area contributed by atoms with Crippen LogP contribution in [0.15, 0.2) is 54.8 Å². The molecule has 3 aromatic rings. The van der Waals surface area contributed by atoms with Gasteiger partial charge in [0.1, 0.15) is 5.75 Å². The van der Waals surface area contributed by atoms with Crippen LogP contribution in [0.25, 0.3) is 22.6 Å². The van der Waals surface area contributed by atoms with Gasteiger partial charge in [-0.25, -0.2) is 4.98 Å². The Bertz CT molecular complexity index is 843. The number of nitrogens with zero attached hydrogens (tertiary/aromatic N) is 2. The average molecular weight is 292 g/mol. The normalized spacial score (nSPS) is 12.1. The van der Waals surface area contributed by atoms with Crippen LogP contribution in [-0.2, 0) is 0 Å². The van der Waals surface area contributed by atoms with Crippen molar-refractivity contribution in [1.29, 1.82) is 0 Å². The molecule has 3 rings (SSSR count). The summed E-state index contributed by atoms with van der Waals surface area (Å²) in [5.74, 6) is 0.843. The molecule has 2 heterocycles. The minimum Gasteiger partial charge on any atom is -0.497 e. The van der Waals surface area contributed by atoms with Gasteiger partial charge in [0, 0.05) is 12.3 Å². The van der Waals surface area contributed by atoms with Crippen molar-refractivity contribution in [3.8, 4) is 5.75 Å². The van der Waals surface area contributed by atoms with E-state index in [0.717, 1.165) is 34.4 Å². The second kappa shape index (κ2) is 6.48. The van der Waals surface area contributed by atoms with E-state index in [1.807, 2.05) is 24.3 Å². The van der Waals surface area contributed by atoms with Crippen LogP contribution >= 0.6 is 0 Å². The van der Waals surface area contributed by atoms with Crippen LogP contribution in [0, 0.1) is 0 Å². The van der Waals surface area contributed by atoms with Crippen molar-refractivity contribution in [2.45, 2.75) is 19.8 Å². The van der Waals surface area contributed by atoms with Gasteiger partial charge < -0.3 is 9.14 Å². The van der Waals surface area contributed by atoms with Gasteiger partial charge in [-0.15, -0.1) is 0 Å². The first-order valence-corrected chi connectivity index (χ1v) is 7.61. The highest BCUT2D eigenvalue weighted by molar-refractivity contribution is 5.84. The fourth-order valence-electron chi connectivity index (χ4n) is 2.52. The van der Waals surface area contributed by atoms with Gasteiger partial charge >= 0.3 is 0 Å². The van der Waals surface area contributed by atoms with Gasteiger partial charge in [0.2, 0.25) is 0 Å². The zero-order chi connectivity index (χ0) is 15.4. The van der Waals surface area contributed by atoms with Crippen molar-refractivity contribution in [3.05, 3.63) is 60.5 Å². The Hall–Kier alpha value is -2.55. The molecule has 0 aliphatic carbocycles. The lowest BCUT2D eigenvalue weighted by atomic mass is 10.2. The number of unbranched alkanes of at least 4 members (excludes halogenated alkanes) is 1. The van der Waals surface area contributed by atoms with Crippen molar-refractivity contribution in [2.24, 2.45) is 0 Å². The van der Waals surface area contributed by atoms with Gasteiger partial charge in [0.15, 0.2) is 0 Å². The van der Waals surface area contributed by atoms with Crippen LogP contribution in [0.3, 0.4) is 0 Å². The minimum absolute atomic E-state index is 0.843. The summed E-state index contributed by atoms with van der Waals surface area (Å²) in [5, 5.41) is 0. The fourth-order valence-corrected chi connectivity index (χ4v) is 2.52. The Morgan fingerprint density at radius 1 is 1.18 bits per heavy atom. The monoisotopic (exact) mass is 292 g/mol. The summed E-state index contributed by atoms with van der Waals surface area (Å²) in [7, 11) is 1.68. The largest absolute Gasteiger partial charge is 0.497 e. The molecule has 22 heavy (non-hydrogen) atoms. The predicted octanol–water partition coefficient (Wildman–Crippen LogP) is 4.87. The van der Waals surface area contributed by atoms with Crippen LogP contribution in [0.2, 0.25) is 0 Å². The van der Waals surface area contributed by atoms with E-state index in [1.165, 1.54) is 6.42 Å². The lowest BCUT2D eigenvalue weighted by Gasteiger charge is -2.07. The molecule has 0 fully saturated rings. The topological polar surface area (TPSA) is 26.5 Å². The van der Waals surface area contributed by atoms with Gasteiger partial charge in [0.05, 0.1) is 29.4 Å². The number of allylic oxidation sites excluding steroid dienone is 3. The number of methoxy groups -OCH3 is 1. The summed E-state index contributed by atoms with van der Waals surface area (Å²) >= 11 is 0. The second-order valence-electron chi connectivity index (χ2n) is 5.19. The molecule has 0 aliphatic heterocycles. The number of hydrogen-bond donors (Lipinski definition) is 0. The minimum atomic E-state index is 0.843.